The Morgan fingerprint density at radius 3 is 2.38 bits per heavy atom. The van der Waals surface area contributed by atoms with Gasteiger partial charge in [0.15, 0.2) is 8.32 Å². The third kappa shape index (κ3) is 6.15. The van der Waals surface area contributed by atoms with Crippen LogP contribution in [0.4, 0.5) is 0 Å². The molecule has 0 spiro atoms. The van der Waals surface area contributed by atoms with Gasteiger partial charge in [0.1, 0.15) is 0 Å². The summed E-state index contributed by atoms with van der Waals surface area (Å²) in [4.78, 5) is 0. The van der Waals surface area contributed by atoms with Crippen molar-refractivity contribution in [2.45, 2.75) is 58.2 Å². The van der Waals surface area contributed by atoms with Crippen LogP contribution >= 0.6 is 0 Å². The van der Waals surface area contributed by atoms with Crippen LogP contribution in [0.25, 0.3) is 0 Å². The Bertz CT molecular complexity index is 263. The van der Waals surface area contributed by atoms with E-state index < -0.39 is 8.32 Å². The van der Waals surface area contributed by atoms with E-state index in [2.05, 4.69) is 52.3 Å². The fourth-order valence-electron chi connectivity index (χ4n) is 0.907. The summed E-state index contributed by atoms with van der Waals surface area (Å²) in [5, 5.41) is 0.275. The molecule has 0 aliphatic rings. The molecule has 2 heteroatoms. The minimum absolute atomic E-state index is 0.275. The zero-order chi connectivity index (χ0) is 12.7. The van der Waals surface area contributed by atoms with E-state index in [-0.39, 0.29) is 5.04 Å². The molecule has 0 aliphatic heterocycles. The van der Waals surface area contributed by atoms with Gasteiger partial charge in [-0.25, -0.2) is 0 Å². The predicted octanol–water partition coefficient (Wildman–Crippen LogP) is 4.37. The van der Waals surface area contributed by atoms with Crippen molar-refractivity contribution in [1.82, 2.24) is 0 Å². The lowest BCUT2D eigenvalue weighted by molar-refractivity contribution is 0.334. The number of hydrogen-bond acceptors (Lipinski definition) is 1. The molecule has 0 aromatic carbocycles. The molecule has 0 bridgehead atoms. The van der Waals surface area contributed by atoms with E-state index >= 15 is 0 Å². The first kappa shape index (κ1) is 15.5. The van der Waals surface area contributed by atoms with Gasteiger partial charge in [0.05, 0.1) is 6.61 Å². The van der Waals surface area contributed by atoms with Gasteiger partial charge in [0, 0.05) is 6.42 Å². The third-order valence-electron chi connectivity index (χ3n) is 3.15. The molecule has 0 saturated heterocycles. The van der Waals surface area contributed by atoms with E-state index in [1.54, 1.807) is 0 Å². The van der Waals surface area contributed by atoms with Gasteiger partial charge < -0.3 is 4.43 Å². The van der Waals surface area contributed by atoms with Crippen molar-refractivity contribution in [3.63, 3.8) is 0 Å². The molecule has 0 N–H and O–H groups in total. The lowest BCUT2D eigenvalue weighted by atomic mass is 10.2. The summed E-state index contributed by atoms with van der Waals surface area (Å²) >= 11 is 0. The zero-order valence-corrected chi connectivity index (χ0v) is 12.5. The second-order valence-electron chi connectivity index (χ2n) is 5.58. The molecule has 0 aliphatic carbocycles. The molecule has 0 unspecified atom stereocenters. The molecule has 1 nitrogen and oxygen atoms in total. The second kappa shape index (κ2) is 6.93. The first-order valence-corrected chi connectivity index (χ1v) is 8.92. The van der Waals surface area contributed by atoms with Crippen LogP contribution in [0.5, 0.6) is 0 Å². The Balaban J connectivity index is 3.85. The summed E-state index contributed by atoms with van der Waals surface area (Å²) in [6.45, 7) is 15.5. The molecule has 16 heavy (non-hydrogen) atoms. The molecular formula is C14H26OSi. The van der Waals surface area contributed by atoms with Crippen molar-refractivity contribution in [3.05, 3.63) is 12.7 Å². The Morgan fingerprint density at radius 2 is 1.88 bits per heavy atom. The highest BCUT2D eigenvalue weighted by atomic mass is 28.4. The lowest BCUT2D eigenvalue weighted by Crippen LogP contribution is -2.40. The van der Waals surface area contributed by atoms with Crippen LogP contribution < -0.4 is 0 Å². The first-order chi connectivity index (χ1) is 7.31. The molecule has 0 atom stereocenters. The number of allylic oxidation sites excluding steroid dienone is 1. The molecule has 0 heterocycles. The van der Waals surface area contributed by atoms with Crippen LogP contribution in [0.15, 0.2) is 12.7 Å². The van der Waals surface area contributed by atoms with Crippen molar-refractivity contribution in [1.29, 1.82) is 0 Å². The summed E-state index contributed by atoms with van der Waals surface area (Å²) in [7, 11) is -1.60. The van der Waals surface area contributed by atoms with Gasteiger partial charge in [-0.15, -0.1) is 12.5 Å². The van der Waals surface area contributed by atoms with Crippen LogP contribution in [-0.4, -0.2) is 14.9 Å². The van der Waals surface area contributed by atoms with Gasteiger partial charge in [-0.3, -0.25) is 0 Å². The highest BCUT2D eigenvalue weighted by Gasteiger charge is 2.36. The average Bonchev–Trinajstić information content (AvgIpc) is 2.14. The minimum atomic E-state index is -1.60. The number of hydrogen-bond donors (Lipinski definition) is 0. The van der Waals surface area contributed by atoms with Gasteiger partial charge >= 0.3 is 0 Å². The Hall–Kier alpha value is -0.523. The predicted molar refractivity (Wildman–Crippen MR) is 75.0 cm³/mol. The highest BCUT2D eigenvalue weighted by molar-refractivity contribution is 6.74. The van der Waals surface area contributed by atoms with Crippen LogP contribution in [0.1, 0.15) is 40.0 Å². The van der Waals surface area contributed by atoms with Gasteiger partial charge in [-0.2, -0.15) is 0 Å². The SMILES string of the molecule is C=CCCCC#CCO[Si](C)(C)C(C)(C)C. The minimum Gasteiger partial charge on any atom is -0.406 e. The molecule has 0 aromatic rings. The standard InChI is InChI=1S/C14H26OSi/c1-7-8-9-10-11-12-13-15-16(5,6)14(2,3)4/h7H,1,8-10,13H2,2-6H3. The maximum absolute atomic E-state index is 5.95. The van der Waals surface area contributed by atoms with E-state index in [1.165, 1.54) is 0 Å². The summed E-state index contributed by atoms with van der Waals surface area (Å²) < 4.78 is 5.95. The molecule has 0 saturated carbocycles. The van der Waals surface area contributed by atoms with Gasteiger partial charge in [0.25, 0.3) is 0 Å². The quantitative estimate of drug-likeness (QED) is 0.299. The maximum Gasteiger partial charge on any atom is 0.193 e. The largest absolute Gasteiger partial charge is 0.406 e. The Kier molecular flexibility index (Phi) is 6.70. The monoisotopic (exact) mass is 238 g/mol. The smallest absolute Gasteiger partial charge is 0.193 e. The molecule has 0 fully saturated rings. The van der Waals surface area contributed by atoms with E-state index in [1.807, 2.05) is 6.08 Å². The van der Waals surface area contributed by atoms with Crippen LogP contribution in [0, 0.1) is 11.8 Å². The molecule has 0 rings (SSSR count). The Labute approximate surface area is 102 Å². The van der Waals surface area contributed by atoms with E-state index in [0.717, 1.165) is 19.3 Å². The molecule has 0 aromatic heterocycles. The van der Waals surface area contributed by atoms with E-state index in [0.29, 0.717) is 6.61 Å². The first-order valence-electron chi connectivity index (χ1n) is 6.02. The van der Waals surface area contributed by atoms with E-state index in [9.17, 15) is 0 Å². The number of unbranched alkanes of at least 4 members (excludes halogenated alkanes) is 2. The van der Waals surface area contributed by atoms with Crippen molar-refractivity contribution >= 4 is 8.32 Å². The molecule has 0 amide bonds. The van der Waals surface area contributed by atoms with Crippen LogP contribution in [-0.2, 0) is 4.43 Å². The maximum atomic E-state index is 5.95. The molecule has 92 valence electrons. The topological polar surface area (TPSA) is 9.23 Å². The van der Waals surface area contributed by atoms with Gasteiger partial charge in [-0.05, 0) is 31.0 Å². The number of rotatable bonds is 5. The molecular weight excluding hydrogens is 212 g/mol. The summed E-state index contributed by atoms with van der Waals surface area (Å²) in [6.07, 6.45) is 5.05. The lowest BCUT2D eigenvalue weighted by Gasteiger charge is -2.35. The molecule has 0 radical (unpaired) electrons. The van der Waals surface area contributed by atoms with Crippen molar-refractivity contribution in [3.8, 4) is 11.8 Å². The Morgan fingerprint density at radius 1 is 1.25 bits per heavy atom. The summed E-state index contributed by atoms with van der Waals surface area (Å²) in [6, 6.07) is 0. The van der Waals surface area contributed by atoms with Crippen molar-refractivity contribution in [2.75, 3.05) is 6.61 Å². The van der Waals surface area contributed by atoms with Gasteiger partial charge in [-0.1, -0.05) is 32.8 Å². The zero-order valence-electron chi connectivity index (χ0n) is 11.5. The summed E-state index contributed by atoms with van der Waals surface area (Å²) in [5.41, 5.74) is 0. The highest BCUT2D eigenvalue weighted by Crippen LogP contribution is 2.36. The van der Waals surface area contributed by atoms with Crippen LogP contribution in [0.2, 0.25) is 18.1 Å². The fourth-order valence-corrected chi connectivity index (χ4v) is 1.77. The average molecular weight is 238 g/mol. The van der Waals surface area contributed by atoms with Crippen molar-refractivity contribution < 1.29 is 4.43 Å². The second-order valence-corrected chi connectivity index (χ2v) is 10.4. The normalized spacial score (nSPS) is 11.8. The van der Waals surface area contributed by atoms with Crippen LogP contribution in [0.3, 0.4) is 0 Å². The fraction of sp³-hybridized carbons (Fsp3) is 0.714. The summed E-state index contributed by atoms with van der Waals surface area (Å²) in [5.74, 6) is 6.24. The van der Waals surface area contributed by atoms with Crippen molar-refractivity contribution in [2.24, 2.45) is 0 Å². The third-order valence-corrected chi connectivity index (χ3v) is 7.62. The van der Waals surface area contributed by atoms with Gasteiger partial charge in [0.2, 0.25) is 0 Å². The van der Waals surface area contributed by atoms with E-state index in [4.69, 9.17) is 4.43 Å².